The molecule has 1 amide bonds. The molecule has 11 nitrogen and oxygen atoms in total. The molecule has 5 rings (SSSR count). The largest absolute Gasteiger partial charge is 0.497 e. The quantitative estimate of drug-likeness (QED) is 0.156. The van der Waals surface area contributed by atoms with Gasteiger partial charge >= 0.3 is 6.09 Å². The van der Waals surface area contributed by atoms with E-state index in [9.17, 15) is 13.2 Å². The summed E-state index contributed by atoms with van der Waals surface area (Å²) in [6.07, 6.45) is 1.23. The van der Waals surface area contributed by atoms with Gasteiger partial charge in [0.25, 0.3) is 10.0 Å². The highest BCUT2D eigenvalue weighted by molar-refractivity contribution is 7.93. The number of likely N-dealkylation sites (tertiary alicyclic amines) is 1. The highest BCUT2D eigenvalue weighted by atomic mass is 35.5. The van der Waals surface area contributed by atoms with E-state index in [1.165, 1.54) is 14.2 Å². The molecule has 0 aliphatic carbocycles. The molecule has 3 aromatic carbocycles. The van der Waals surface area contributed by atoms with Crippen molar-refractivity contribution in [2.24, 2.45) is 5.92 Å². The van der Waals surface area contributed by atoms with E-state index in [0.717, 1.165) is 27.7 Å². The lowest BCUT2D eigenvalue weighted by atomic mass is 9.81. The lowest BCUT2D eigenvalue weighted by Crippen LogP contribution is -2.46. The van der Waals surface area contributed by atoms with Crippen molar-refractivity contribution in [2.45, 2.75) is 50.2 Å². The maximum absolute atomic E-state index is 15.8. The van der Waals surface area contributed by atoms with E-state index in [1.54, 1.807) is 56.0 Å². The Morgan fingerprint density at radius 2 is 1.78 bits per heavy atom. The molecule has 0 bridgehead atoms. The first kappa shape index (κ1) is 37.1. The number of halogens is 3. The SMILES string of the molecule is COc1ccc(CN(c2ncns2)S(=O)(=O)c2cc(F)c(OC[C@@H]3CN(C(=O)OC(C)(C)C)CCC3c3ccc(Cl)cc3)cc2F)c(OC)c1. The van der Waals surface area contributed by atoms with Crippen LogP contribution in [0, 0.1) is 17.6 Å². The number of piperidine rings is 1. The molecule has 16 heteroatoms. The van der Waals surface area contributed by atoms with Crippen molar-refractivity contribution in [3.63, 3.8) is 0 Å². The van der Waals surface area contributed by atoms with Crippen LogP contribution in [0.15, 0.2) is 65.8 Å². The molecule has 4 aromatic rings. The molecule has 1 aliphatic rings. The van der Waals surface area contributed by atoms with Crippen molar-refractivity contribution >= 4 is 44.4 Å². The molecule has 0 saturated carbocycles. The van der Waals surface area contributed by atoms with Gasteiger partial charge in [0.1, 0.15) is 34.1 Å². The van der Waals surface area contributed by atoms with E-state index in [2.05, 4.69) is 9.36 Å². The summed E-state index contributed by atoms with van der Waals surface area (Å²) < 4.78 is 86.2. The van der Waals surface area contributed by atoms with Gasteiger partial charge in [-0.3, -0.25) is 0 Å². The van der Waals surface area contributed by atoms with Crippen molar-refractivity contribution in [2.75, 3.05) is 38.2 Å². The fraction of sp³-hybridized carbons (Fsp3) is 0.382. The first-order chi connectivity index (χ1) is 23.7. The number of nitrogens with zero attached hydrogens (tertiary/aromatic N) is 4. The molecule has 2 atom stereocenters. The fourth-order valence-electron chi connectivity index (χ4n) is 5.65. The van der Waals surface area contributed by atoms with E-state index < -0.39 is 44.0 Å². The van der Waals surface area contributed by atoms with Gasteiger partial charge in [0, 0.05) is 59.3 Å². The van der Waals surface area contributed by atoms with Gasteiger partial charge in [0.15, 0.2) is 11.6 Å². The summed E-state index contributed by atoms with van der Waals surface area (Å²) in [5, 5.41) is 0.497. The second-order valence-corrected chi connectivity index (χ2v) is 15.6. The minimum absolute atomic E-state index is 0.0666. The van der Waals surface area contributed by atoms with Crippen LogP contribution in [0.5, 0.6) is 17.2 Å². The second kappa shape index (κ2) is 15.4. The monoisotopic (exact) mass is 750 g/mol. The normalized spacial score (nSPS) is 16.5. The minimum atomic E-state index is -4.73. The van der Waals surface area contributed by atoms with Crippen LogP contribution in [0.1, 0.15) is 44.2 Å². The highest BCUT2D eigenvalue weighted by Gasteiger charge is 2.36. The Balaban J connectivity index is 1.41. The van der Waals surface area contributed by atoms with Gasteiger partial charge in [0.2, 0.25) is 5.13 Å². The van der Waals surface area contributed by atoms with Gasteiger partial charge in [-0.1, -0.05) is 23.7 Å². The van der Waals surface area contributed by atoms with Crippen molar-refractivity contribution in [1.82, 2.24) is 14.3 Å². The smallest absolute Gasteiger partial charge is 0.410 e. The molecule has 2 heterocycles. The third-order valence-corrected chi connectivity index (χ3v) is 10.9. The van der Waals surface area contributed by atoms with Gasteiger partial charge < -0.3 is 23.8 Å². The Morgan fingerprint density at radius 1 is 1.04 bits per heavy atom. The van der Waals surface area contributed by atoms with Crippen LogP contribution in [0.3, 0.4) is 0 Å². The molecule has 0 N–H and O–H groups in total. The molecule has 1 saturated heterocycles. The van der Waals surface area contributed by atoms with E-state index in [-0.39, 0.29) is 36.7 Å². The first-order valence-corrected chi connectivity index (χ1v) is 18.1. The van der Waals surface area contributed by atoms with E-state index in [1.807, 2.05) is 12.1 Å². The van der Waals surface area contributed by atoms with Crippen molar-refractivity contribution in [3.8, 4) is 17.2 Å². The molecule has 50 heavy (non-hydrogen) atoms. The summed E-state index contributed by atoms with van der Waals surface area (Å²) in [4.78, 5) is 17.6. The number of hydrogen-bond acceptors (Lipinski definition) is 10. The first-order valence-electron chi connectivity index (χ1n) is 15.6. The number of benzene rings is 3. The molecular formula is C34H37ClF2N4O7S2. The Labute approximate surface area is 298 Å². The Kier molecular flexibility index (Phi) is 11.4. The summed E-state index contributed by atoms with van der Waals surface area (Å²) >= 11 is 6.88. The molecule has 1 aliphatic heterocycles. The van der Waals surface area contributed by atoms with Crippen molar-refractivity contribution < 1.29 is 40.9 Å². The van der Waals surface area contributed by atoms with Gasteiger partial charge in [-0.2, -0.15) is 4.37 Å². The van der Waals surface area contributed by atoms with Gasteiger partial charge in [-0.15, -0.1) is 0 Å². The van der Waals surface area contributed by atoms with Gasteiger partial charge in [-0.25, -0.2) is 31.3 Å². The minimum Gasteiger partial charge on any atom is -0.497 e. The summed E-state index contributed by atoms with van der Waals surface area (Å²) in [5.41, 5.74) is 0.659. The maximum atomic E-state index is 15.8. The average Bonchev–Trinajstić information content (AvgIpc) is 3.61. The maximum Gasteiger partial charge on any atom is 0.410 e. The number of rotatable bonds is 11. The molecular weight excluding hydrogens is 714 g/mol. The average molecular weight is 751 g/mol. The number of amides is 1. The summed E-state index contributed by atoms with van der Waals surface area (Å²) in [6.45, 7) is 5.53. The Morgan fingerprint density at radius 3 is 2.42 bits per heavy atom. The Bertz CT molecular complexity index is 1910. The van der Waals surface area contributed by atoms with E-state index in [4.69, 9.17) is 30.5 Å². The van der Waals surface area contributed by atoms with Gasteiger partial charge in [0.05, 0.1) is 27.4 Å². The number of methoxy groups -OCH3 is 2. The molecule has 1 fully saturated rings. The van der Waals surface area contributed by atoms with Crippen LogP contribution >= 0.6 is 23.1 Å². The number of carbonyl (C=O) groups is 1. The second-order valence-electron chi connectivity index (χ2n) is 12.6. The molecule has 0 spiro atoms. The van der Waals surface area contributed by atoms with Crippen LogP contribution in [-0.4, -0.2) is 68.3 Å². The summed E-state index contributed by atoms with van der Waals surface area (Å²) in [5.74, 6) is -2.47. The summed E-state index contributed by atoms with van der Waals surface area (Å²) in [6, 6.07) is 13.4. The highest BCUT2D eigenvalue weighted by Crippen LogP contribution is 2.37. The summed E-state index contributed by atoms with van der Waals surface area (Å²) in [7, 11) is -1.85. The van der Waals surface area contributed by atoms with Crippen molar-refractivity contribution in [3.05, 3.63) is 88.7 Å². The molecule has 1 aromatic heterocycles. The van der Waals surface area contributed by atoms with Crippen LogP contribution < -0.4 is 18.5 Å². The van der Waals surface area contributed by atoms with Crippen LogP contribution in [0.2, 0.25) is 5.02 Å². The molecule has 0 radical (unpaired) electrons. The number of anilines is 1. The van der Waals surface area contributed by atoms with Crippen LogP contribution in [0.25, 0.3) is 0 Å². The predicted molar refractivity (Wildman–Crippen MR) is 185 cm³/mol. The Hall–Kier alpha value is -4.21. The topological polar surface area (TPSA) is 120 Å². The van der Waals surface area contributed by atoms with Crippen LogP contribution in [-0.2, 0) is 21.3 Å². The zero-order valence-corrected chi connectivity index (χ0v) is 30.4. The lowest BCUT2D eigenvalue weighted by Gasteiger charge is -2.39. The molecule has 1 unspecified atom stereocenters. The lowest BCUT2D eigenvalue weighted by molar-refractivity contribution is 0.0110. The number of sulfonamides is 1. The number of carbonyl (C=O) groups excluding carboxylic acids is 1. The zero-order valence-electron chi connectivity index (χ0n) is 28.1. The third kappa shape index (κ3) is 8.56. The number of hydrogen-bond donors (Lipinski definition) is 0. The predicted octanol–water partition coefficient (Wildman–Crippen LogP) is 7.30. The third-order valence-electron chi connectivity index (χ3n) is 8.06. The number of ether oxygens (including phenoxy) is 4. The number of aromatic nitrogens is 2. The van der Waals surface area contributed by atoms with E-state index >= 15 is 8.78 Å². The van der Waals surface area contributed by atoms with Crippen LogP contribution in [0.4, 0.5) is 18.7 Å². The van der Waals surface area contributed by atoms with Crippen molar-refractivity contribution in [1.29, 1.82) is 0 Å². The van der Waals surface area contributed by atoms with E-state index in [0.29, 0.717) is 47.2 Å². The standard InChI is InChI=1S/C34H37ClF2N4O7S2/c1-34(2,3)48-33(42)40-13-12-26(21-6-9-24(35)10-7-21)23(17-40)19-47-30-15-28(37)31(16-27(30)36)50(43,44)41(32-38-20-39-49-32)18-22-8-11-25(45-4)14-29(22)46-5/h6-11,14-16,20,23,26H,12-13,17-19H2,1-5H3/t23-,26?/m0/s1. The fourth-order valence-corrected chi connectivity index (χ4v) is 7.96. The zero-order chi connectivity index (χ0) is 36.2. The molecule has 268 valence electrons. The van der Waals surface area contributed by atoms with Gasteiger partial charge in [-0.05, 0) is 62.9 Å².